The minimum atomic E-state index is -1.67. The Morgan fingerprint density at radius 1 is 1.06 bits per heavy atom. The van der Waals surface area contributed by atoms with Crippen molar-refractivity contribution in [3.8, 4) is 5.75 Å². The molecular weight excluding hydrogens is 224 g/mol. The van der Waals surface area contributed by atoms with E-state index in [1.54, 1.807) is 6.07 Å². The normalized spacial score (nSPS) is 10.6. The molecule has 2 aromatic rings. The molecule has 6 nitrogen and oxygen atoms in total. The zero-order chi connectivity index (χ0) is 12.6. The van der Waals surface area contributed by atoms with Crippen LogP contribution in [0.5, 0.6) is 5.75 Å². The minimum absolute atomic E-state index is 0.176. The van der Waals surface area contributed by atoms with Gasteiger partial charge < -0.3 is 29.8 Å². The minimum Gasteiger partial charge on any atom is -0.497 e. The van der Waals surface area contributed by atoms with Crippen LogP contribution >= 0.6 is 0 Å². The zero-order valence-electron chi connectivity index (χ0n) is 9.08. The van der Waals surface area contributed by atoms with Gasteiger partial charge in [-0.15, -0.1) is 0 Å². The van der Waals surface area contributed by atoms with Crippen molar-refractivity contribution in [2.24, 2.45) is 0 Å². The van der Waals surface area contributed by atoms with Crippen molar-refractivity contribution in [3.63, 3.8) is 0 Å². The first-order valence-electron chi connectivity index (χ1n) is 4.95. The average molecular weight is 235 g/mol. The summed E-state index contributed by atoms with van der Waals surface area (Å²) < 4.78 is 5.02. The van der Waals surface area contributed by atoms with Gasteiger partial charge in [0.25, 0.3) is 0 Å². The van der Waals surface area contributed by atoms with Gasteiger partial charge in [0.15, 0.2) is 0 Å². The summed E-state index contributed by atoms with van der Waals surface area (Å²) in [6, 6.07) is 4.63. The number of hydrogen-bond donors (Lipinski definition) is 5. The first kappa shape index (κ1) is 12.0. The summed E-state index contributed by atoms with van der Waals surface area (Å²) in [6.07, 6.45) is 0. The number of benzene rings is 1. The van der Waals surface area contributed by atoms with E-state index in [1.807, 2.05) is 0 Å². The van der Waals surface area contributed by atoms with Crippen LogP contribution in [0.25, 0.3) is 10.9 Å². The van der Waals surface area contributed by atoms with Gasteiger partial charge in [-0.05, 0) is 18.2 Å². The third-order valence-electron chi connectivity index (χ3n) is 2.55. The van der Waals surface area contributed by atoms with Crippen LogP contribution in [-0.2, 0) is 0 Å². The molecular formula is C9H11B2NO5. The van der Waals surface area contributed by atoms with E-state index in [-0.39, 0.29) is 11.1 Å². The Bertz CT molecular complexity index is 539. The Labute approximate surface area is 97.8 Å². The van der Waals surface area contributed by atoms with Crippen LogP contribution in [0.4, 0.5) is 0 Å². The molecule has 0 saturated carbocycles. The maximum atomic E-state index is 9.24. The van der Waals surface area contributed by atoms with Gasteiger partial charge in [0.1, 0.15) is 5.75 Å². The summed E-state index contributed by atoms with van der Waals surface area (Å²) in [4.78, 5) is 2.72. The molecule has 17 heavy (non-hydrogen) atoms. The van der Waals surface area contributed by atoms with E-state index in [9.17, 15) is 10.0 Å². The van der Waals surface area contributed by atoms with Crippen LogP contribution < -0.4 is 15.8 Å². The number of aromatic nitrogens is 1. The molecule has 0 aliphatic carbocycles. The Kier molecular flexibility index (Phi) is 3.12. The van der Waals surface area contributed by atoms with E-state index in [0.29, 0.717) is 16.7 Å². The van der Waals surface area contributed by atoms with Crippen LogP contribution in [-0.4, -0.2) is 46.4 Å². The summed E-state index contributed by atoms with van der Waals surface area (Å²) in [7, 11) is -1.85. The molecule has 88 valence electrons. The van der Waals surface area contributed by atoms with Crippen molar-refractivity contribution in [1.29, 1.82) is 0 Å². The number of nitrogens with one attached hydrogen (secondary N) is 1. The molecule has 5 N–H and O–H groups in total. The van der Waals surface area contributed by atoms with E-state index < -0.39 is 14.2 Å². The molecule has 0 aliphatic heterocycles. The number of H-pyrrole nitrogens is 1. The van der Waals surface area contributed by atoms with Gasteiger partial charge in [0.05, 0.1) is 7.11 Å². The van der Waals surface area contributed by atoms with Crippen LogP contribution in [0.15, 0.2) is 18.2 Å². The molecule has 1 aromatic heterocycles. The molecule has 2 rings (SSSR count). The number of methoxy groups -OCH3 is 1. The standard InChI is InChI=1S/C9H11B2NO5/c1-17-6-2-5-3-8(11(15)16)12-9(5)7(4-6)10(13)14/h2-4,12-16H,1H3. The van der Waals surface area contributed by atoms with Gasteiger partial charge in [-0.2, -0.15) is 0 Å². The van der Waals surface area contributed by atoms with Gasteiger partial charge in [0.2, 0.25) is 0 Å². The summed E-state index contributed by atoms with van der Waals surface area (Å²) in [5.74, 6) is 0.457. The smallest absolute Gasteiger partial charge is 0.497 e. The highest BCUT2D eigenvalue weighted by Crippen LogP contribution is 2.17. The van der Waals surface area contributed by atoms with Gasteiger partial charge in [-0.1, -0.05) is 0 Å². The monoisotopic (exact) mass is 235 g/mol. The van der Waals surface area contributed by atoms with Gasteiger partial charge in [-0.3, -0.25) is 0 Å². The van der Waals surface area contributed by atoms with Crippen LogP contribution in [0.2, 0.25) is 0 Å². The number of hydrogen-bond acceptors (Lipinski definition) is 5. The third kappa shape index (κ3) is 2.16. The molecule has 0 fully saturated rings. The van der Waals surface area contributed by atoms with Crippen LogP contribution in [0.1, 0.15) is 0 Å². The number of fused-ring (bicyclic) bond motifs is 1. The molecule has 0 unspecified atom stereocenters. The maximum absolute atomic E-state index is 9.24. The SMILES string of the molecule is COc1cc(B(O)O)c2[nH]c(B(O)O)cc2c1. The molecule has 1 heterocycles. The van der Waals surface area contributed by atoms with Gasteiger partial charge in [0, 0.05) is 22.0 Å². The summed E-state index contributed by atoms with van der Waals surface area (Å²) >= 11 is 0. The molecule has 0 spiro atoms. The van der Waals surface area contributed by atoms with Crippen molar-refractivity contribution in [2.45, 2.75) is 0 Å². The second-order valence-corrected chi connectivity index (χ2v) is 3.65. The molecule has 0 radical (unpaired) electrons. The van der Waals surface area contributed by atoms with Crippen molar-refractivity contribution in [1.82, 2.24) is 4.98 Å². The predicted molar refractivity (Wildman–Crippen MR) is 64.5 cm³/mol. The van der Waals surface area contributed by atoms with E-state index in [4.69, 9.17) is 14.8 Å². The first-order valence-corrected chi connectivity index (χ1v) is 4.95. The lowest BCUT2D eigenvalue weighted by molar-refractivity contribution is 0.413. The second-order valence-electron chi connectivity index (χ2n) is 3.65. The highest BCUT2D eigenvalue weighted by atomic mass is 16.5. The molecule has 1 aromatic carbocycles. The third-order valence-corrected chi connectivity index (χ3v) is 2.55. The lowest BCUT2D eigenvalue weighted by atomic mass is 9.79. The summed E-state index contributed by atoms with van der Waals surface area (Å²) in [5, 5.41) is 37.2. The molecule has 0 atom stereocenters. The Morgan fingerprint density at radius 3 is 2.29 bits per heavy atom. The van der Waals surface area contributed by atoms with E-state index >= 15 is 0 Å². The van der Waals surface area contributed by atoms with Crippen molar-refractivity contribution >= 4 is 36.2 Å². The Hall–Kier alpha value is -1.47. The summed E-state index contributed by atoms with van der Waals surface area (Å²) in [6.45, 7) is 0. The lowest BCUT2D eigenvalue weighted by Gasteiger charge is -2.05. The number of rotatable bonds is 3. The topological polar surface area (TPSA) is 106 Å². The van der Waals surface area contributed by atoms with Crippen molar-refractivity contribution in [3.05, 3.63) is 18.2 Å². The van der Waals surface area contributed by atoms with Gasteiger partial charge >= 0.3 is 14.2 Å². The quantitative estimate of drug-likeness (QED) is 0.379. The van der Waals surface area contributed by atoms with Crippen LogP contribution in [0.3, 0.4) is 0 Å². The molecule has 0 saturated heterocycles. The van der Waals surface area contributed by atoms with E-state index in [1.165, 1.54) is 19.2 Å². The van der Waals surface area contributed by atoms with Gasteiger partial charge in [-0.25, -0.2) is 0 Å². The van der Waals surface area contributed by atoms with E-state index in [0.717, 1.165) is 0 Å². The molecule has 0 aliphatic rings. The van der Waals surface area contributed by atoms with E-state index in [2.05, 4.69) is 4.98 Å². The molecule has 0 bridgehead atoms. The fraction of sp³-hybridized carbons (Fsp3) is 0.111. The highest BCUT2D eigenvalue weighted by molar-refractivity contribution is 6.63. The lowest BCUT2D eigenvalue weighted by Crippen LogP contribution is -2.33. The highest BCUT2D eigenvalue weighted by Gasteiger charge is 2.21. The number of ether oxygens (including phenoxy) is 1. The second kappa shape index (κ2) is 4.42. The summed E-state index contributed by atoms with van der Waals surface area (Å²) in [5.41, 5.74) is 0.824. The van der Waals surface area contributed by atoms with Crippen molar-refractivity contribution < 1.29 is 24.8 Å². The molecule has 8 heteroatoms. The van der Waals surface area contributed by atoms with Crippen LogP contribution in [0, 0.1) is 0 Å². The fourth-order valence-corrected chi connectivity index (χ4v) is 1.73. The zero-order valence-corrected chi connectivity index (χ0v) is 9.08. The average Bonchev–Trinajstić information content (AvgIpc) is 2.70. The Morgan fingerprint density at radius 2 is 1.76 bits per heavy atom. The molecule has 0 amide bonds. The largest absolute Gasteiger partial charge is 0.505 e. The first-order chi connectivity index (χ1) is 8.02. The fourth-order valence-electron chi connectivity index (χ4n) is 1.73. The number of aromatic amines is 1. The maximum Gasteiger partial charge on any atom is 0.505 e. The van der Waals surface area contributed by atoms with Crippen molar-refractivity contribution in [2.75, 3.05) is 7.11 Å². The predicted octanol–water partition coefficient (Wildman–Crippen LogP) is -2.46. The Balaban J connectivity index is 2.68.